The number of nitrogens with one attached hydrogen (secondary N) is 1. The number of nitrogens with zero attached hydrogens (tertiary/aromatic N) is 2. The predicted molar refractivity (Wildman–Crippen MR) is 121 cm³/mol. The zero-order chi connectivity index (χ0) is 24.4. The minimum Gasteiger partial charge on any atom is -0.392 e. The van der Waals surface area contributed by atoms with Crippen molar-refractivity contribution in [2.75, 3.05) is 5.32 Å². The molecule has 2 aromatic heterocycles. The summed E-state index contributed by atoms with van der Waals surface area (Å²) >= 11 is 0. The fourth-order valence-corrected chi connectivity index (χ4v) is 4.65. The number of carbonyl (C=O) groups is 1. The second-order valence-corrected chi connectivity index (χ2v) is 8.81. The van der Waals surface area contributed by atoms with Crippen molar-refractivity contribution in [1.29, 1.82) is 0 Å². The summed E-state index contributed by atoms with van der Waals surface area (Å²) in [6, 6.07) is 5.76. The van der Waals surface area contributed by atoms with Crippen LogP contribution in [0.2, 0.25) is 0 Å². The molecule has 0 spiro atoms. The van der Waals surface area contributed by atoms with Gasteiger partial charge in [0.2, 0.25) is 0 Å². The van der Waals surface area contributed by atoms with E-state index in [0.29, 0.717) is 11.6 Å². The maximum Gasteiger partial charge on any atom is 0.274 e. The number of amides is 1. The average Bonchev–Trinajstić information content (AvgIpc) is 2.79. The predicted octanol–water partition coefficient (Wildman–Crippen LogP) is 4.54. The molecule has 4 rings (SSSR count). The van der Waals surface area contributed by atoms with Crippen LogP contribution in [0.1, 0.15) is 53.7 Å². The molecular formula is C25H25F3N4O2. The molecule has 1 fully saturated rings. The van der Waals surface area contributed by atoms with Crippen molar-refractivity contribution in [3.8, 4) is 11.3 Å². The molecule has 34 heavy (non-hydrogen) atoms. The third kappa shape index (κ3) is 4.95. The van der Waals surface area contributed by atoms with Crippen LogP contribution in [-0.2, 0) is 6.61 Å². The van der Waals surface area contributed by atoms with E-state index in [4.69, 9.17) is 10.8 Å². The molecule has 1 amide bonds. The molecule has 178 valence electrons. The fourth-order valence-electron chi connectivity index (χ4n) is 4.65. The van der Waals surface area contributed by atoms with Crippen LogP contribution >= 0.6 is 0 Å². The average molecular weight is 470 g/mol. The molecule has 0 aliphatic heterocycles. The summed E-state index contributed by atoms with van der Waals surface area (Å²) in [6.45, 7) is 1.56. The summed E-state index contributed by atoms with van der Waals surface area (Å²) < 4.78 is 43.4. The molecule has 4 N–H and O–H groups in total. The molecule has 0 bridgehead atoms. The number of rotatable bonds is 5. The monoisotopic (exact) mass is 470 g/mol. The van der Waals surface area contributed by atoms with Crippen LogP contribution < -0.4 is 11.1 Å². The third-order valence-corrected chi connectivity index (χ3v) is 6.12. The minimum absolute atomic E-state index is 0.00564. The van der Waals surface area contributed by atoms with Crippen LogP contribution in [-0.4, -0.2) is 27.0 Å². The highest BCUT2D eigenvalue weighted by atomic mass is 19.1. The van der Waals surface area contributed by atoms with Crippen LogP contribution in [0.25, 0.3) is 11.3 Å². The second-order valence-electron chi connectivity index (χ2n) is 8.81. The Labute approximate surface area is 195 Å². The van der Waals surface area contributed by atoms with E-state index >= 15 is 0 Å². The van der Waals surface area contributed by atoms with E-state index < -0.39 is 41.2 Å². The number of aromatic nitrogens is 2. The number of aliphatic hydroxyl groups excluding tert-OH is 1. The summed E-state index contributed by atoms with van der Waals surface area (Å²) in [4.78, 5) is 21.0. The number of pyridine rings is 2. The van der Waals surface area contributed by atoms with E-state index in [0.717, 1.165) is 49.1 Å². The van der Waals surface area contributed by atoms with Crippen LogP contribution in [0.3, 0.4) is 0 Å². The van der Waals surface area contributed by atoms with Gasteiger partial charge in [-0.25, -0.2) is 18.2 Å². The van der Waals surface area contributed by atoms with E-state index in [9.17, 15) is 18.0 Å². The summed E-state index contributed by atoms with van der Waals surface area (Å²) in [6.07, 6.45) is 5.81. The highest BCUT2D eigenvalue weighted by molar-refractivity contribution is 6.03. The number of anilines is 1. The first-order chi connectivity index (χ1) is 16.3. The Morgan fingerprint density at radius 1 is 1.12 bits per heavy atom. The molecule has 1 aromatic carbocycles. The van der Waals surface area contributed by atoms with E-state index in [-0.39, 0.29) is 23.2 Å². The van der Waals surface area contributed by atoms with Gasteiger partial charge >= 0.3 is 0 Å². The zero-order valence-electron chi connectivity index (χ0n) is 18.6. The van der Waals surface area contributed by atoms with Gasteiger partial charge in [0.1, 0.15) is 28.8 Å². The van der Waals surface area contributed by atoms with Crippen LogP contribution in [0, 0.1) is 23.4 Å². The molecule has 1 saturated carbocycles. The first-order valence-electron chi connectivity index (χ1n) is 11.0. The fraction of sp³-hybridized carbons (Fsp3) is 0.320. The summed E-state index contributed by atoms with van der Waals surface area (Å²) in [5.74, 6) is -3.26. The molecule has 3 aromatic rings. The quantitative estimate of drug-likeness (QED) is 0.508. The Balaban J connectivity index is 1.64. The normalized spacial score (nSPS) is 20.2. The number of halogens is 3. The number of nitrogens with two attached hydrogens (primary N) is 1. The Kier molecular flexibility index (Phi) is 6.95. The van der Waals surface area contributed by atoms with E-state index in [2.05, 4.69) is 22.2 Å². The molecule has 1 aliphatic rings. The van der Waals surface area contributed by atoms with E-state index in [1.807, 2.05) is 6.07 Å². The van der Waals surface area contributed by atoms with Gasteiger partial charge in [-0.2, -0.15) is 0 Å². The maximum absolute atomic E-state index is 14.5. The molecule has 0 saturated heterocycles. The molecular weight excluding hydrogens is 445 g/mol. The lowest BCUT2D eigenvalue weighted by atomic mass is 9.76. The van der Waals surface area contributed by atoms with E-state index in [1.54, 1.807) is 6.20 Å². The Morgan fingerprint density at radius 2 is 1.85 bits per heavy atom. The lowest BCUT2D eigenvalue weighted by molar-refractivity contribution is 0.102. The van der Waals surface area contributed by atoms with Gasteiger partial charge in [0.25, 0.3) is 5.91 Å². The SMILES string of the molecule is C[C@H]1CC(c2ccncc2NC(=O)c2ccc(F)c(-c3c(F)cc(CO)cc3F)n2)C[C@@H](N)C1. The number of hydrogen-bond acceptors (Lipinski definition) is 5. The van der Waals surface area contributed by atoms with Gasteiger partial charge in [-0.15, -0.1) is 0 Å². The lowest BCUT2D eigenvalue weighted by Gasteiger charge is -2.32. The smallest absolute Gasteiger partial charge is 0.274 e. The van der Waals surface area contributed by atoms with Crippen LogP contribution in [0.15, 0.2) is 42.7 Å². The summed E-state index contributed by atoms with van der Waals surface area (Å²) in [5.41, 5.74) is 6.01. The topological polar surface area (TPSA) is 101 Å². The highest BCUT2D eigenvalue weighted by Crippen LogP contribution is 2.38. The summed E-state index contributed by atoms with van der Waals surface area (Å²) in [5, 5.41) is 11.9. The van der Waals surface area contributed by atoms with Crippen molar-refractivity contribution in [1.82, 2.24) is 9.97 Å². The Morgan fingerprint density at radius 3 is 2.53 bits per heavy atom. The molecule has 9 heteroatoms. The molecule has 3 atom stereocenters. The number of aliphatic hydroxyl groups is 1. The summed E-state index contributed by atoms with van der Waals surface area (Å²) in [7, 11) is 0. The van der Waals surface area contributed by atoms with Crippen molar-refractivity contribution < 1.29 is 23.1 Å². The van der Waals surface area contributed by atoms with Crippen LogP contribution in [0.5, 0.6) is 0 Å². The van der Waals surface area contributed by atoms with Gasteiger partial charge in [0.15, 0.2) is 0 Å². The lowest BCUT2D eigenvalue weighted by Crippen LogP contribution is -2.31. The molecule has 1 aliphatic carbocycles. The number of carbonyl (C=O) groups excluding carboxylic acids is 1. The standard InChI is InChI=1S/C25H25F3N4O2/c1-13-6-15(10-16(29)7-13)17-4-5-30-11-22(17)32-25(34)21-3-2-18(26)24(31-21)23-19(27)8-14(12-33)9-20(23)28/h2-5,8-9,11,13,15-16,33H,6-7,10,12,29H2,1H3,(H,32,34)/t13-,15?,16-/m0/s1. The number of benzene rings is 1. The number of hydrogen-bond donors (Lipinski definition) is 3. The largest absolute Gasteiger partial charge is 0.392 e. The van der Waals surface area contributed by atoms with Gasteiger partial charge in [-0.05, 0) is 72.6 Å². The third-order valence-electron chi connectivity index (χ3n) is 6.12. The van der Waals surface area contributed by atoms with Gasteiger partial charge in [0.05, 0.1) is 24.1 Å². The minimum atomic E-state index is -1.09. The van der Waals surface area contributed by atoms with Gasteiger partial charge < -0.3 is 16.2 Å². The molecule has 0 radical (unpaired) electrons. The highest BCUT2D eigenvalue weighted by Gasteiger charge is 2.28. The van der Waals surface area contributed by atoms with E-state index in [1.165, 1.54) is 6.20 Å². The van der Waals surface area contributed by atoms with Gasteiger partial charge in [-0.3, -0.25) is 9.78 Å². The van der Waals surface area contributed by atoms with Crippen molar-refractivity contribution in [3.05, 3.63) is 77.0 Å². The van der Waals surface area contributed by atoms with Crippen LogP contribution in [0.4, 0.5) is 18.9 Å². The second kappa shape index (κ2) is 9.90. The van der Waals surface area contributed by atoms with Gasteiger partial charge in [-0.1, -0.05) is 6.92 Å². The first kappa shape index (κ1) is 23.8. The maximum atomic E-state index is 14.5. The molecule has 6 nitrogen and oxygen atoms in total. The zero-order valence-corrected chi connectivity index (χ0v) is 18.6. The van der Waals surface area contributed by atoms with Crippen molar-refractivity contribution in [2.24, 2.45) is 11.7 Å². The van der Waals surface area contributed by atoms with Crippen molar-refractivity contribution in [2.45, 2.75) is 44.8 Å². The van der Waals surface area contributed by atoms with Gasteiger partial charge in [0, 0.05) is 12.2 Å². The molecule has 2 heterocycles. The van der Waals surface area contributed by atoms with Crippen molar-refractivity contribution in [3.63, 3.8) is 0 Å². The Hall–Kier alpha value is -3.30. The molecule has 1 unspecified atom stereocenters. The first-order valence-corrected chi connectivity index (χ1v) is 11.0. The van der Waals surface area contributed by atoms with Crippen molar-refractivity contribution >= 4 is 11.6 Å². The Bertz CT molecular complexity index is 1190.